The van der Waals surface area contributed by atoms with Crippen molar-refractivity contribution in [3.63, 3.8) is 0 Å². The lowest BCUT2D eigenvalue weighted by Gasteiger charge is -2.43. The first-order valence-corrected chi connectivity index (χ1v) is 14.1. The van der Waals surface area contributed by atoms with Gasteiger partial charge >= 0.3 is 10.1 Å². The van der Waals surface area contributed by atoms with Crippen molar-refractivity contribution in [1.29, 1.82) is 0 Å². The van der Waals surface area contributed by atoms with E-state index in [-0.39, 0.29) is 22.2 Å². The molecule has 2 aliphatic carbocycles. The molecule has 0 bridgehead atoms. The Morgan fingerprint density at radius 1 is 0.914 bits per heavy atom. The third kappa shape index (κ3) is 4.27. The number of nitrogens with zero attached hydrogens (tertiary/aromatic N) is 1. The van der Waals surface area contributed by atoms with E-state index >= 15 is 0 Å². The summed E-state index contributed by atoms with van der Waals surface area (Å²) < 4.78 is 31.3. The highest BCUT2D eigenvalue weighted by atomic mass is 79.9. The Labute approximate surface area is 213 Å². The van der Waals surface area contributed by atoms with Gasteiger partial charge in [0.15, 0.2) is 17.3 Å². The van der Waals surface area contributed by atoms with Crippen molar-refractivity contribution in [2.24, 2.45) is 0 Å². The van der Waals surface area contributed by atoms with Gasteiger partial charge in [0.1, 0.15) is 4.90 Å². The zero-order valence-corrected chi connectivity index (χ0v) is 21.8. The van der Waals surface area contributed by atoms with Gasteiger partial charge in [0.25, 0.3) is 0 Å². The van der Waals surface area contributed by atoms with Crippen LogP contribution in [0.4, 0.5) is 0 Å². The number of Topliss-reactive ketones (excluding diaryl/α,β-unsaturated/α-hetero) is 2. The van der Waals surface area contributed by atoms with Crippen LogP contribution in [0.25, 0.3) is 0 Å². The topological polar surface area (TPSA) is 80.8 Å². The normalized spacial score (nSPS) is 19.1. The summed E-state index contributed by atoms with van der Waals surface area (Å²) in [4.78, 5) is 28.7. The van der Waals surface area contributed by atoms with Gasteiger partial charge in [0.05, 0.1) is 4.47 Å². The highest BCUT2D eigenvalue weighted by molar-refractivity contribution is 9.10. The molecular formula is C27H26BrNO5S. The van der Waals surface area contributed by atoms with Gasteiger partial charge < -0.3 is 9.08 Å². The number of carbonyl (C=O) groups excluding carboxylic acids is 2. The van der Waals surface area contributed by atoms with E-state index in [0.717, 1.165) is 49.2 Å². The van der Waals surface area contributed by atoms with E-state index in [4.69, 9.17) is 4.18 Å². The monoisotopic (exact) mass is 555 g/mol. The van der Waals surface area contributed by atoms with Crippen LogP contribution >= 0.6 is 15.9 Å². The molecule has 0 unspecified atom stereocenters. The molecule has 0 aromatic heterocycles. The first kappa shape index (κ1) is 24.0. The second-order valence-electron chi connectivity index (χ2n) is 8.99. The maximum atomic E-state index is 13.2. The zero-order valence-electron chi connectivity index (χ0n) is 19.4. The van der Waals surface area contributed by atoms with Crippen LogP contribution in [0.15, 0.2) is 80.4 Å². The maximum Gasteiger partial charge on any atom is 0.339 e. The molecule has 0 N–H and O–H groups in total. The van der Waals surface area contributed by atoms with Crippen LogP contribution in [0.3, 0.4) is 0 Å². The van der Waals surface area contributed by atoms with Crippen LogP contribution in [0, 0.1) is 0 Å². The van der Waals surface area contributed by atoms with Gasteiger partial charge in [-0.25, -0.2) is 0 Å². The number of carbonyl (C=O) groups is 2. The molecule has 0 fully saturated rings. The first-order valence-electron chi connectivity index (χ1n) is 11.9. The Bertz CT molecular complexity index is 1330. The highest BCUT2D eigenvalue weighted by Gasteiger charge is 2.43. The van der Waals surface area contributed by atoms with Gasteiger partial charge in [-0.15, -0.1) is 0 Å². The Morgan fingerprint density at radius 3 is 2.06 bits per heavy atom. The summed E-state index contributed by atoms with van der Waals surface area (Å²) in [5.41, 5.74) is 4.27. The predicted octanol–water partition coefficient (Wildman–Crippen LogP) is 5.65. The van der Waals surface area contributed by atoms with Crippen LogP contribution in [0.1, 0.15) is 56.9 Å². The number of halogens is 1. The van der Waals surface area contributed by atoms with Crippen molar-refractivity contribution in [3.05, 3.63) is 81.1 Å². The second-order valence-corrected chi connectivity index (χ2v) is 11.4. The number of hydrogen-bond donors (Lipinski definition) is 0. The van der Waals surface area contributed by atoms with E-state index in [0.29, 0.717) is 28.5 Å². The minimum Gasteiger partial charge on any atom is -0.378 e. The van der Waals surface area contributed by atoms with Crippen molar-refractivity contribution in [2.45, 2.75) is 56.3 Å². The van der Waals surface area contributed by atoms with Gasteiger partial charge in [-0.1, -0.05) is 24.3 Å². The minimum atomic E-state index is -4.00. The van der Waals surface area contributed by atoms with Crippen LogP contribution in [-0.2, 0) is 19.7 Å². The molecule has 2 aromatic rings. The lowest BCUT2D eigenvalue weighted by molar-refractivity contribution is -0.117. The smallest absolute Gasteiger partial charge is 0.339 e. The molecule has 6 nitrogen and oxygen atoms in total. The van der Waals surface area contributed by atoms with E-state index in [1.807, 2.05) is 0 Å². The Hall–Kier alpha value is -2.71. The molecule has 182 valence electrons. The summed E-state index contributed by atoms with van der Waals surface area (Å²) in [7, 11) is -4.00. The van der Waals surface area contributed by atoms with E-state index in [2.05, 4.69) is 27.8 Å². The largest absolute Gasteiger partial charge is 0.378 e. The quantitative estimate of drug-likeness (QED) is 0.443. The molecule has 1 aliphatic heterocycles. The summed E-state index contributed by atoms with van der Waals surface area (Å²) in [6.07, 6.45) is 4.20. The lowest BCUT2D eigenvalue weighted by atomic mass is 9.71. The number of allylic oxidation sites excluding steroid dienone is 4. The third-order valence-electron chi connectivity index (χ3n) is 6.92. The molecule has 0 saturated carbocycles. The lowest BCUT2D eigenvalue weighted by Crippen LogP contribution is -2.39. The van der Waals surface area contributed by atoms with E-state index in [1.165, 1.54) is 12.1 Å². The molecule has 0 spiro atoms. The Balaban J connectivity index is 1.58. The SMILES string of the molecule is CCN1C2=C(C(=O)CCC2)C(c2ccc(OS(=O)(=O)c3ccccc3)c(Br)c2)C2=C1CCCC2=O. The third-order valence-corrected chi connectivity index (χ3v) is 8.79. The van der Waals surface area contributed by atoms with Crippen LogP contribution in [-0.4, -0.2) is 31.4 Å². The second kappa shape index (κ2) is 9.39. The number of hydrogen-bond acceptors (Lipinski definition) is 6. The average Bonchev–Trinajstić information content (AvgIpc) is 2.85. The highest BCUT2D eigenvalue weighted by Crippen LogP contribution is 2.49. The van der Waals surface area contributed by atoms with Crippen molar-refractivity contribution in [1.82, 2.24) is 4.90 Å². The molecule has 5 rings (SSSR count). The fraction of sp³-hybridized carbons (Fsp3) is 0.333. The molecular weight excluding hydrogens is 530 g/mol. The molecule has 0 atom stereocenters. The Kier molecular flexibility index (Phi) is 6.44. The maximum absolute atomic E-state index is 13.2. The van der Waals surface area contributed by atoms with Crippen molar-refractivity contribution >= 4 is 37.6 Å². The predicted molar refractivity (Wildman–Crippen MR) is 135 cm³/mol. The van der Waals surface area contributed by atoms with Crippen molar-refractivity contribution in [3.8, 4) is 5.75 Å². The van der Waals surface area contributed by atoms with Gasteiger partial charge in [-0.3, -0.25) is 9.59 Å². The molecule has 8 heteroatoms. The summed E-state index contributed by atoms with van der Waals surface area (Å²) in [6.45, 7) is 2.78. The zero-order chi connectivity index (χ0) is 24.7. The van der Waals surface area contributed by atoms with Crippen LogP contribution in [0.2, 0.25) is 0 Å². The number of benzene rings is 2. The molecule has 3 aliphatic rings. The number of ketones is 2. The first-order chi connectivity index (χ1) is 16.8. The fourth-order valence-electron chi connectivity index (χ4n) is 5.45. The van der Waals surface area contributed by atoms with Crippen molar-refractivity contribution < 1.29 is 22.2 Å². The van der Waals surface area contributed by atoms with Gasteiger partial charge in [-0.2, -0.15) is 8.42 Å². The minimum absolute atomic E-state index is 0.0631. The molecule has 35 heavy (non-hydrogen) atoms. The molecule has 2 aromatic carbocycles. The molecule has 1 heterocycles. The summed E-state index contributed by atoms with van der Waals surface area (Å²) in [6, 6.07) is 13.1. The molecule has 0 amide bonds. The Morgan fingerprint density at radius 2 is 1.51 bits per heavy atom. The van der Waals surface area contributed by atoms with E-state index < -0.39 is 16.0 Å². The summed E-state index contributed by atoms with van der Waals surface area (Å²) in [5.74, 6) is -0.123. The standard InChI is InChI=1S/C27H26BrNO5S/c1-2-29-20-10-6-12-22(30)26(20)25(27-21(29)11-7-13-23(27)31)17-14-15-24(19(28)16-17)34-35(32,33)18-8-4-3-5-9-18/h3-5,8-9,14-16,25H,2,6-7,10-13H2,1H3. The summed E-state index contributed by atoms with van der Waals surface area (Å²) >= 11 is 3.47. The van der Waals surface area contributed by atoms with E-state index in [1.54, 1.807) is 36.4 Å². The van der Waals surface area contributed by atoms with Crippen LogP contribution in [0.5, 0.6) is 5.75 Å². The molecule has 0 saturated heterocycles. The fourth-order valence-corrected chi connectivity index (χ4v) is 7.00. The number of rotatable bonds is 5. The summed E-state index contributed by atoms with van der Waals surface area (Å²) in [5, 5.41) is 0. The van der Waals surface area contributed by atoms with Crippen LogP contribution < -0.4 is 4.18 Å². The molecule has 0 radical (unpaired) electrons. The average molecular weight is 556 g/mol. The van der Waals surface area contributed by atoms with E-state index in [9.17, 15) is 18.0 Å². The van der Waals surface area contributed by atoms with Crippen molar-refractivity contribution in [2.75, 3.05) is 6.54 Å². The van der Waals surface area contributed by atoms with Gasteiger partial charge in [0, 0.05) is 47.8 Å². The van der Waals surface area contributed by atoms with Gasteiger partial charge in [0.2, 0.25) is 0 Å². The van der Waals surface area contributed by atoms with Gasteiger partial charge in [-0.05, 0) is 78.4 Å².